The van der Waals surface area contributed by atoms with Gasteiger partial charge in [0.25, 0.3) is 5.91 Å². The summed E-state index contributed by atoms with van der Waals surface area (Å²) in [6, 6.07) is 12.4. The zero-order valence-electron chi connectivity index (χ0n) is 12.4. The van der Waals surface area contributed by atoms with Gasteiger partial charge in [-0.15, -0.1) is 0 Å². The number of H-pyrrole nitrogens is 1. The molecule has 4 nitrogen and oxygen atoms in total. The number of aromatic nitrogens is 2. The summed E-state index contributed by atoms with van der Waals surface area (Å²) in [6.45, 7) is 1.99. The Balaban J connectivity index is 1.85. The third kappa shape index (κ3) is 3.33. The van der Waals surface area contributed by atoms with E-state index in [1.807, 2.05) is 31.2 Å². The van der Waals surface area contributed by atoms with Gasteiger partial charge in [0.05, 0.1) is 27.7 Å². The van der Waals surface area contributed by atoms with E-state index in [0.717, 1.165) is 16.9 Å². The number of rotatable bonds is 4. The molecular formula is C17H15Cl2N3O. The summed E-state index contributed by atoms with van der Waals surface area (Å²) in [4.78, 5) is 20.2. The Labute approximate surface area is 143 Å². The van der Waals surface area contributed by atoms with Gasteiger partial charge in [0.2, 0.25) is 0 Å². The van der Waals surface area contributed by atoms with Gasteiger partial charge < -0.3 is 10.3 Å². The van der Waals surface area contributed by atoms with Gasteiger partial charge in [-0.1, -0.05) is 42.3 Å². The van der Waals surface area contributed by atoms with Crippen molar-refractivity contribution in [1.82, 2.24) is 15.3 Å². The molecule has 0 aliphatic carbocycles. The predicted molar refractivity (Wildman–Crippen MR) is 93.1 cm³/mol. The molecule has 0 fully saturated rings. The molecule has 2 N–H and O–H groups in total. The molecule has 0 aliphatic rings. The zero-order valence-corrected chi connectivity index (χ0v) is 13.9. The van der Waals surface area contributed by atoms with Gasteiger partial charge in [-0.25, -0.2) is 4.98 Å². The van der Waals surface area contributed by atoms with Crippen LogP contribution >= 0.6 is 23.2 Å². The van der Waals surface area contributed by atoms with E-state index >= 15 is 0 Å². The molecule has 0 saturated heterocycles. The molecule has 0 aliphatic heterocycles. The van der Waals surface area contributed by atoms with E-state index in [0.29, 0.717) is 22.0 Å². The fraction of sp³-hybridized carbons (Fsp3) is 0.176. The molecule has 0 saturated carbocycles. The Hall–Kier alpha value is -2.04. The van der Waals surface area contributed by atoms with E-state index < -0.39 is 0 Å². The van der Waals surface area contributed by atoms with Crippen LogP contribution in [0.4, 0.5) is 0 Å². The monoisotopic (exact) mass is 347 g/mol. The molecule has 3 rings (SSSR count). The van der Waals surface area contributed by atoms with Crippen LogP contribution in [0.25, 0.3) is 11.0 Å². The van der Waals surface area contributed by atoms with Crippen molar-refractivity contribution >= 4 is 40.1 Å². The first-order chi connectivity index (χ1) is 11.1. The molecule has 0 radical (unpaired) electrons. The van der Waals surface area contributed by atoms with Crippen LogP contribution < -0.4 is 5.32 Å². The molecule has 1 heterocycles. The molecule has 0 spiro atoms. The number of benzene rings is 2. The summed E-state index contributed by atoms with van der Waals surface area (Å²) >= 11 is 12.0. The smallest absolute Gasteiger partial charge is 0.253 e. The normalized spacial score (nSPS) is 12.3. The number of carbonyl (C=O) groups excluding carboxylic acids is 1. The second-order valence-electron chi connectivity index (χ2n) is 5.20. The summed E-state index contributed by atoms with van der Waals surface area (Å²) in [5, 5.41) is 3.78. The lowest BCUT2D eigenvalue weighted by Crippen LogP contribution is -2.29. The standard InChI is InChI=1S/C17H15Cl2N3O/c1-2-13(16-20-14-5-3-4-6-15(14)21-16)22-17(23)11-8-7-10(18)9-12(11)19/h3-9,13H,2H2,1H3,(H,20,21)(H,22,23). The number of fused-ring (bicyclic) bond motifs is 1. The fourth-order valence-electron chi connectivity index (χ4n) is 2.41. The van der Waals surface area contributed by atoms with Gasteiger partial charge >= 0.3 is 0 Å². The number of hydrogen-bond acceptors (Lipinski definition) is 2. The molecule has 0 bridgehead atoms. The van der Waals surface area contributed by atoms with Gasteiger partial charge in [-0.05, 0) is 36.8 Å². The number of imidazole rings is 1. The minimum atomic E-state index is -0.251. The first-order valence-electron chi connectivity index (χ1n) is 7.29. The quantitative estimate of drug-likeness (QED) is 0.715. The lowest BCUT2D eigenvalue weighted by molar-refractivity contribution is 0.0934. The van der Waals surface area contributed by atoms with Gasteiger partial charge in [0, 0.05) is 5.02 Å². The average molecular weight is 348 g/mol. The molecule has 1 unspecified atom stereocenters. The highest BCUT2D eigenvalue weighted by Gasteiger charge is 2.19. The van der Waals surface area contributed by atoms with E-state index in [-0.39, 0.29) is 11.9 Å². The number of amides is 1. The van der Waals surface area contributed by atoms with Crippen molar-refractivity contribution in [1.29, 1.82) is 0 Å². The topological polar surface area (TPSA) is 57.8 Å². The molecule has 6 heteroatoms. The number of aromatic amines is 1. The van der Waals surface area contributed by atoms with Gasteiger partial charge in [-0.3, -0.25) is 4.79 Å². The minimum absolute atomic E-state index is 0.221. The number of nitrogens with zero attached hydrogens (tertiary/aromatic N) is 1. The Bertz CT molecular complexity index is 827. The predicted octanol–water partition coefficient (Wildman–Crippen LogP) is 4.75. The molecular weight excluding hydrogens is 333 g/mol. The summed E-state index contributed by atoms with van der Waals surface area (Å²) in [5.41, 5.74) is 2.21. The zero-order chi connectivity index (χ0) is 16.4. The van der Waals surface area contributed by atoms with Crippen LogP contribution in [0.1, 0.15) is 35.6 Å². The molecule has 1 aromatic heterocycles. The maximum Gasteiger partial charge on any atom is 0.253 e. The highest BCUT2D eigenvalue weighted by atomic mass is 35.5. The minimum Gasteiger partial charge on any atom is -0.342 e. The third-order valence-electron chi connectivity index (χ3n) is 3.63. The van der Waals surface area contributed by atoms with Crippen LogP contribution in [-0.4, -0.2) is 15.9 Å². The van der Waals surface area contributed by atoms with Crippen LogP contribution in [0.3, 0.4) is 0 Å². The lowest BCUT2D eigenvalue weighted by atomic mass is 10.1. The second kappa shape index (κ2) is 6.60. The average Bonchev–Trinajstić information content (AvgIpc) is 2.96. The Morgan fingerprint density at radius 3 is 2.74 bits per heavy atom. The van der Waals surface area contributed by atoms with Crippen molar-refractivity contribution in [2.45, 2.75) is 19.4 Å². The highest BCUT2D eigenvalue weighted by Crippen LogP contribution is 2.23. The maximum absolute atomic E-state index is 12.5. The summed E-state index contributed by atoms with van der Waals surface area (Å²) in [6.07, 6.45) is 0.705. The van der Waals surface area contributed by atoms with E-state index in [1.54, 1.807) is 18.2 Å². The molecule has 118 valence electrons. The molecule has 1 atom stereocenters. The van der Waals surface area contributed by atoms with Gasteiger partial charge in [0.1, 0.15) is 5.82 Å². The van der Waals surface area contributed by atoms with Crippen LogP contribution in [0.15, 0.2) is 42.5 Å². The number of nitrogens with one attached hydrogen (secondary N) is 2. The van der Waals surface area contributed by atoms with Crippen LogP contribution in [0.5, 0.6) is 0 Å². The Morgan fingerprint density at radius 1 is 1.26 bits per heavy atom. The van der Waals surface area contributed by atoms with Crippen LogP contribution in [0.2, 0.25) is 10.0 Å². The highest BCUT2D eigenvalue weighted by molar-refractivity contribution is 6.36. The van der Waals surface area contributed by atoms with Crippen molar-refractivity contribution < 1.29 is 4.79 Å². The number of halogens is 2. The van der Waals surface area contributed by atoms with Crippen molar-refractivity contribution in [3.63, 3.8) is 0 Å². The van der Waals surface area contributed by atoms with E-state index in [1.165, 1.54) is 0 Å². The first-order valence-corrected chi connectivity index (χ1v) is 8.04. The summed E-state index contributed by atoms with van der Waals surface area (Å²) in [5.74, 6) is 0.478. The third-order valence-corrected chi connectivity index (χ3v) is 4.17. The number of carbonyl (C=O) groups is 1. The molecule has 2 aromatic carbocycles. The number of para-hydroxylation sites is 2. The van der Waals surface area contributed by atoms with E-state index in [2.05, 4.69) is 15.3 Å². The number of hydrogen-bond donors (Lipinski definition) is 2. The van der Waals surface area contributed by atoms with Crippen molar-refractivity contribution in [2.24, 2.45) is 0 Å². The molecule has 23 heavy (non-hydrogen) atoms. The van der Waals surface area contributed by atoms with Crippen molar-refractivity contribution in [2.75, 3.05) is 0 Å². The van der Waals surface area contributed by atoms with Crippen molar-refractivity contribution in [3.8, 4) is 0 Å². The van der Waals surface area contributed by atoms with Gasteiger partial charge in [0.15, 0.2) is 0 Å². The Kier molecular flexibility index (Phi) is 4.55. The van der Waals surface area contributed by atoms with E-state index in [4.69, 9.17) is 23.2 Å². The molecule has 1 amide bonds. The van der Waals surface area contributed by atoms with Gasteiger partial charge in [-0.2, -0.15) is 0 Å². The SMILES string of the molecule is CCC(NC(=O)c1ccc(Cl)cc1Cl)c1nc2ccccc2[nH]1. The van der Waals surface area contributed by atoms with Crippen molar-refractivity contribution in [3.05, 3.63) is 63.9 Å². The Morgan fingerprint density at radius 2 is 2.04 bits per heavy atom. The second-order valence-corrected chi connectivity index (χ2v) is 6.04. The van der Waals surface area contributed by atoms with Crippen LogP contribution in [0, 0.1) is 0 Å². The lowest BCUT2D eigenvalue weighted by Gasteiger charge is -2.15. The first kappa shape index (κ1) is 15.8. The summed E-state index contributed by atoms with van der Waals surface area (Å²) in [7, 11) is 0. The maximum atomic E-state index is 12.5. The molecule has 3 aromatic rings. The summed E-state index contributed by atoms with van der Waals surface area (Å²) < 4.78 is 0. The van der Waals surface area contributed by atoms with E-state index in [9.17, 15) is 4.79 Å². The largest absolute Gasteiger partial charge is 0.342 e. The van der Waals surface area contributed by atoms with Crippen LogP contribution in [-0.2, 0) is 0 Å². The fourth-order valence-corrected chi connectivity index (χ4v) is 2.91.